The normalized spacial score (nSPS) is 11.2. The Balaban J connectivity index is 2.12. The number of benzene rings is 1. The third-order valence-electron chi connectivity index (χ3n) is 3.52. The summed E-state index contributed by atoms with van der Waals surface area (Å²) in [6.45, 7) is 5.48. The second-order valence-electron chi connectivity index (χ2n) is 5.77. The summed E-state index contributed by atoms with van der Waals surface area (Å²) in [7, 11) is 3.90. The Labute approximate surface area is 154 Å². The summed E-state index contributed by atoms with van der Waals surface area (Å²) in [6.07, 6.45) is 1.77. The molecule has 0 aliphatic rings. The first-order valence-electron chi connectivity index (χ1n) is 8.62. The van der Waals surface area contributed by atoms with Gasteiger partial charge in [0.05, 0.1) is 25.4 Å². The van der Waals surface area contributed by atoms with Gasteiger partial charge in [0.25, 0.3) is 0 Å². The molecule has 0 fully saturated rings. The van der Waals surface area contributed by atoms with Crippen LogP contribution in [0.15, 0.2) is 41.5 Å². The summed E-state index contributed by atoms with van der Waals surface area (Å²) in [5.74, 6) is 2.64. The topological polar surface area (TPSA) is 85.0 Å². The van der Waals surface area contributed by atoms with E-state index in [1.165, 1.54) is 0 Å². The summed E-state index contributed by atoms with van der Waals surface area (Å²) in [6, 6.07) is 9.49. The van der Waals surface area contributed by atoms with Crippen molar-refractivity contribution in [3.05, 3.63) is 42.1 Å². The first kappa shape index (κ1) is 19.4. The number of anilines is 2. The van der Waals surface area contributed by atoms with E-state index in [-0.39, 0.29) is 0 Å². The van der Waals surface area contributed by atoms with Crippen LogP contribution >= 0.6 is 0 Å². The van der Waals surface area contributed by atoms with Gasteiger partial charge in [-0.15, -0.1) is 0 Å². The summed E-state index contributed by atoms with van der Waals surface area (Å²) < 4.78 is 11.2. The number of hydrogen-bond acceptors (Lipinski definition) is 5. The molecule has 1 aromatic heterocycles. The van der Waals surface area contributed by atoms with Gasteiger partial charge < -0.3 is 25.4 Å². The second kappa shape index (κ2) is 9.50. The maximum Gasteiger partial charge on any atom is 0.193 e. The van der Waals surface area contributed by atoms with Crippen LogP contribution in [0.2, 0.25) is 0 Å². The molecule has 0 atom stereocenters. The minimum atomic E-state index is 0.308. The molecule has 0 aliphatic heterocycles. The fourth-order valence-corrected chi connectivity index (χ4v) is 2.30. The number of ether oxygens (including phenoxy) is 2. The molecule has 0 saturated carbocycles. The predicted octanol–water partition coefficient (Wildman–Crippen LogP) is 2.87. The minimum absolute atomic E-state index is 0.308. The van der Waals surface area contributed by atoms with Crippen molar-refractivity contribution in [1.82, 2.24) is 4.98 Å². The molecule has 0 amide bonds. The Morgan fingerprint density at radius 2 is 1.92 bits per heavy atom. The van der Waals surface area contributed by atoms with E-state index in [1.54, 1.807) is 6.20 Å². The molecule has 2 rings (SSSR count). The third kappa shape index (κ3) is 5.54. The Kier molecular flexibility index (Phi) is 7.08. The Morgan fingerprint density at radius 3 is 2.62 bits per heavy atom. The highest BCUT2D eigenvalue weighted by atomic mass is 16.5. The lowest BCUT2D eigenvalue weighted by Crippen LogP contribution is -2.23. The van der Waals surface area contributed by atoms with Gasteiger partial charge in [-0.3, -0.25) is 0 Å². The quantitative estimate of drug-likeness (QED) is 0.558. The van der Waals surface area contributed by atoms with E-state index in [9.17, 15) is 0 Å². The molecule has 1 heterocycles. The molecular weight excluding hydrogens is 330 g/mol. The van der Waals surface area contributed by atoms with Crippen LogP contribution in [0.3, 0.4) is 0 Å². The van der Waals surface area contributed by atoms with E-state index < -0.39 is 0 Å². The van der Waals surface area contributed by atoms with Gasteiger partial charge in [0, 0.05) is 26.4 Å². The van der Waals surface area contributed by atoms with Crippen molar-refractivity contribution in [3.63, 3.8) is 0 Å². The lowest BCUT2D eigenvalue weighted by molar-refractivity contribution is 0.332. The van der Waals surface area contributed by atoms with Crippen LogP contribution in [0, 0.1) is 0 Å². The molecule has 1 aromatic carbocycles. The van der Waals surface area contributed by atoms with Crippen LogP contribution in [-0.4, -0.2) is 38.3 Å². The highest BCUT2D eigenvalue weighted by molar-refractivity contribution is 5.94. The van der Waals surface area contributed by atoms with Crippen LogP contribution in [0.5, 0.6) is 11.5 Å². The van der Waals surface area contributed by atoms with Crippen molar-refractivity contribution < 1.29 is 9.47 Å². The summed E-state index contributed by atoms with van der Waals surface area (Å²) in [5, 5.41) is 3.10. The summed E-state index contributed by atoms with van der Waals surface area (Å²) in [4.78, 5) is 10.6. The van der Waals surface area contributed by atoms with Gasteiger partial charge in [-0.1, -0.05) is 0 Å². The standard InChI is InChI=1S/C19H27N5O2/c1-5-25-15-7-8-17(26-6-2)16(12-15)23-19(20)22-13-14-9-10-21-18(11-14)24(3)4/h7-12H,5-6,13H2,1-4H3,(H3,20,22,23). The number of aromatic nitrogens is 1. The number of rotatable bonds is 8. The zero-order valence-electron chi connectivity index (χ0n) is 15.8. The monoisotopic (exact) mass is 357 g/mol. The molecule has 140 valence electrons. The molecule has 26 heavy (non-hydrogen) atoms. The molecule has 0 aliphatic carbocycles. The largest absolute Gasteiger partial charge is 0.494 e. The van der Waals surface area contributed by atoms with Gasteiger partial charge in [0.1, 0.15) is 17.3 Å². The molecular formula is C19H27N5O2. The van der Waals surface area contributed by atoms with Gasteiger partial charge in [-0.2, -0.15) is 0 Å². The maximum absolute atomic E-state index is 6.06. The summed E-state index contributed by atoms with van der Waals surface area (Å²) >= 11 is 0. The summed E-state index contributed by atoms with van der Waals surface area (Å²) in [5.41, 5.74) is 7.81. The Morgan fingerprint density at radius 1 is 1.15 bits per heavy atom. The van der Waals surface area contributed by atoms with Crippen molar-refractivity contribution in [2.45, 2.75) is 20.4 Å². The average Bonchev–Trinajstić information content (AvgIpc) is 2.63. The van der Waals surface area contributed by atoms with E-state index >= 15 is 0 Å². The zero-order valence-corrected chi connectivity index (χ0v) is 15.8. The first-order valence-corrected chi connectivity index (χ1v) is 8.62. The number of aliphatic imine (C=N–C) groups is 1. The van der Waals surface area contributed by atoms with E-state index in [0.717, 1.165) is 22.8 Å². The molecule has 7 heteroatoms. The predicted molar refractivity (Wildman–Crippen MR) is 106 cm³/mol. The molecule has 0 radical (unpaired) electrons. The van der Waals surface area contributed by atoms with Crippen LogP contribution in [0.1, 0.15) is 19.4 Å². The second-order valence-corrected chi connectivity index (χ2v) is 5.77. The molecule has 0 saturated heterocycles. The van der Waals surface area contributed by atoms with Crippen LogP contribution in [0.25, 0.3) is 0 Å². The molecule has 0 unspecified atom stereocenters. The number of nitrogens with two attached hydrogens (primary N) is 1. The first-order chi connectivity index (χ1) is 12.5. The number of guanidine groups is 1. The molecule has 0 spiro atoms. The van der Waals surface area contributed by atoms with E-state index in [2.05, 4.69) is 15.3 Å². The third-order valence-corrected chi connectivity index (χ3v) is 3.52. The maximum atomic E-state index is 6.06. The van der Waals surface area contributed by atoms with Gasteiger partial charge in [0.2, 0.25) is 0 Å². The van der Waals surface area contributed by atoms with Crippen molar-refractivity contribution >= 4 is 17.5 Å². The lowest BCUT2D eigenvalue weighted by Gasteiger charge is -2.14. The van der Waals surface area contributed by atoms with E-state index in [4.69, 9.17) is 15.2 Å². The van der Waals surface area contributed by atoms with Crippen LogP contribution < -0.4 is 25.4 Å². The highest BCUT2D eigenvalue weighted by Gasteiger charge is 2.07. The van der Waals surface area contributed by atoms with E-state index in [0.29, 0.717) is 31.5 Å². The van der Waals surface area contributed by atoms with Crippen molar-refractivity contribution in [2.75, 3.05) is 37.5 Å². The lowest BCUT2D eigenvalue weighted by atomic mass is 10.2. The number of nitrogens with zero attached hydrogens (tertiary/aromatic N) is 3. The fourth-order valence-electron chi connectivity index (χ4n) is 2.30. The molecule has 2 aromatic rings. The van der Waals surface area contributed by atoms with Gasteiger partial charge in [-0.25, -0.2) is 9.98 Å². The average molecular weight is 357 g/mol. The van der Waals surface area contributed by atoms with E-state index in [1.807, 2.05) is 63.2 Å². The highest BCUT2D eigenvalue weighted by Crippen LogP contribution is 2.29. The van der Waals surface area contributed by atoms with Gasteiger partial charge in [0.15, 0.2) is 5.96 Å². The van der Waals surface area contributed by atoms with Gasteiger partial charge in [-0.05, 0) is 43.7 Å². The minimum Gasteiger partial charge on any atom is -0.494 e. The van der Waals surface area contributed by atoms with Crippen molar-refractivity contribution in [2.24, 2.45) is 10.7 Å². The molecule has 3 N–H and O–H groups in total. The smallest absolute Gasteiger partial charge is 0.193 e. The van der Waals surface area contributed by atoms with Gasteiger partial charge >= 0.3 is 0 Å². The zero-order chi connectivity index (χ0) is 18.9. The molecule has 0 bridgehead atoms. The van der Waals surface area contributed by atoms with Crippen molar-refractivity contribution in [1.29, 1.82) is 0 Å². The Hall–Kier alpha value is -2.96. The number of pyridine rings is 1. The fraction of sp³-hybridized carbons (Fsp3) is 0.368. The van der Waals surface area contributed by atoms with Crippen LogP contribution in [0.4, 0.5) is 11.5 Å². The Bertz CT molecular complexity index is 746. The molecule has 7 nitrogen and oxygen atoms in total. The number of nitrogens with one attached hydrogen (secondary N) is 1. The number of hydrogen-bond donors (Lipinski definition) is 2. The SMILES string of the molecule is CCOc1ccc(OCC)c(NC(N)=NCc2ccnc(N(C)C)c2)c1. The van der Waals surface area contributed by atoms with Crippen LogP contribution in [-0.2, 0) is 6.54 Å². The van der Waals surface area contributed by atoms with Crippen molar-refractivity contribution in [3.8, 4) is 11.5 Å².